The van der Waals surface area contributed by atoms with Crippen LogP contribution in [0.3, 0.4) is 0 Å². The van der Waals surface area contributed by atoms with Crippen LogP contribution in [0.1, 0.15) is 18.9 Å². The molecule has 0 aliphatic rings. The summed E-state index contributed by atoms with van der Waals surface area (Å²) >= 11 is 0. The van der Waals surface area contributed by atoms with Crippen molar-refractivity contribution >= 4 is 11.6 Å². The number of methoxy groups -OCH3 is 1. The summed E-state index contributed by atoms with van der Waals surface area (Å²) in [6, 6.07) is 5.85. The lowest BCUT2D eigenvalue weighted by molar-refractivity contribution is -0.120. The van der Waals surface area contributed by atoms with Crippen molar-refractivity contribution in [3.8, 4) is 5.75 Å². The summed E-state index contributed by atoms with van der Waals surface area (Å²) in [5.74, 6) is 0.886. The van der Waals surface area contributed by atoms with E-state index in [1.165, 1.54) is 0 Å². The molecule has 0 saturated carbocycles. The molecular formula is C13H20N2O2. The SMILES string of the molecule is CCNC(=O)CCNc1cc(OC)ccc1C. The van der Waals surface area contributed by atoms with Crippen molar-refractivity contribution in [2.75, 3.05) is 25.5 Å². The largest absolute Gasteiger partial charge is 0.497 e. The summed E-state index contributed by atoms with van der Waals surface area (Å²) < 4.78 is 5.16. The number of hydrogen-bond acceptors (Lipinski definition) is 3. The van der Waals surface area contributed by atoms with E-state index in [2.05, 4.69) is 10.6 Å². The average molecular weight is 236 g/mol. The Kier molecular flexibility index (Phi) is 5.33. The second-order valence-electron chi connectivity index (χ2n) is 3.81. The summed E-state index contributed by atoms with van der Waals surface area (Å²) in [5, 5.41) is 6.00. The van der Waals surface area contributed by atoms with Crippen LogP contribution in [0.15, 0.2) is 18.2 Å². The zero-order valence-corrected chi connectivity index (χ0v) is 10.7. The summed E-state index contributed by atoms with van der Waals surface area (Å²) in [4.78, 5) is 11.3. The number of carbonyl (C=O) groups is 1. The predicted molar refractivity (Wildman–Crippen MR) is 69.5 cm³/mol. The smallest absolute Gasteiger partial charge is 0.221 e. The molecule has 1 aromatic carbocycles. The van der Waals surface area contributed by atoms with Crippen LogP contribution in [0.4, 0.5) is 5.69 Å². The second kappa shape index (κ2) is 6.78. The Morgan fingerprint density at radius 3 is 2.82 bits per heavy atom. The Hall–Kier alpha value is -1.71. The van der Waals surface area contributed by atoms with Crippen LogP contribution in [0.5, 0.6) is 5.75 Å². The fraction of sp³-hybridized carbons (Fsp3) is 0.462. The zero-order chi connectivity index (χ0) is 12.7. The maximum Gasteiger partial charge on any atom is 0.221 e. The monoisotopic (exact) mass is 236 g/mol. The molecule has 1 aromatic rings. The summed E-state index contributed by atoms with van der Waals surface area (Å²) in [6.07, 6.45) is 0.477. The average Bonchev–Trinajstić information content (AvgIpc) is 2.32. The molecule has 4 nitrogen and oxygen atoms in total. The minimum absolute atomic E-state index is 0.0700. The summed E-state index contributed by atoms with van der Waals surface area (Å²) in [5.41, 5.74) is 2.15. The third kappa shape index (κ3) is 4.34. The van der Waals surface area contributed by atoms with E-state index in [0.717, 1.165) is 17.0 Å². The zero-order valence-electron chi connectivity index (χ0n) is 10.7. The standard InChI is InChI=1S/C13H20N2O2/c1-4-14-13(16)7-8-15-12-9-11(17-3)6-5-10(12)2/h5-6,9,15H,4,7-8H2,1-3H3,(H,14,16). The molecule has 2 N–H and O–H groups in total. The lowest BCUT2D eigenvalue weighted by Gasteiger charge is -2.11. The van der Waals surface area contributed by atoms with Crippen molar-refractivity contribution in [3.05, 3.63) is 23.8 Å². The molecule has 0 saturated heterocycles. The van der Waals surface area contributed by atoms with Gasteiger partial charge in [0.15, 0.2) is 0 Å². The van der Waals surface area contributed by atoms with Gasteiger partial charge in [0.05, 0.1) is 7.11 Å². The quantitative estimate of drug-likeness (QED) is 0.793. The van der Waals surface area contributed by atoms with E-state index in [1.807, 2.05) is 32.0 Å². The van der Waals surface area contributed by atoms with Gasteiger partial charge in [0.1, 0.15) is 5.75 Å². The Morgan fingerprint density at radius 2 is 2.18 bits per heavy atom. The predicted octanol–water partition coefficient (Wildman–Crippen LogP) is 1.94. The number of aryl methyl sites for hydroxylation is 1. The van der Waals surface area contributed by atoms with E-state index in [4.69, 9.17) is 4.74 Å². The lowest BCUT2D eigenvalue weighted by Crippen LogP contribution is -2.24. The van der Waals surface area contributed by atoms with Gasteiger partial charge in [0, 0.05) is 31.3 Å². The third-order valence-corrected chi connectivity index (χ3v) is 2.49. The molecule has 0 bridgehead atoms. The molecule has 0 unspecified atom stereocenters. The molecule has 1 rings (SSSR count). The minimum atomic E-state index is 0.0700. The van der Waals surface area contributed by atoms with Crippen molar-refractivity contribution in [1.29, 1.82) is 0 Å². The Morgan fingerprint density at radius 1 is 1.41 bits per heavy atom. The molecule has 0 aliphatic heterocycles. The van der Waals surface area contributed by atoms with Gasteiger partial charge in [0.2, 0.25) is 5.91 Å². The van der Waals surface area contributed by atoms with Gasteiger partial charge in [-0.3, -0.25) is 4.79 Å². The van der Waals surface area contributed by atoms with Gasteiger partial charge in [-0.1, -0.05) is 6.07 Å². The van der Waals surface area contributed by atoms with Crippen LogP contribution < -0.4 is 15.4 Å². The van der Waals surface area contributed by atoms with Gasteiger partial charge < -0.3 is 15.4 Å². The number of nitrogens with one attached hydrogen (secondary N) is 2. The molecular weight excluding hydrogens is 216 g/mol. The number of hydrogen-bond donors (Lipinski definition) is 2. The molecule has 4 heteroatoms. The van der Waals surface area contributed by atoms with Crippen molar-refractivity contribution in [1.82, 2.24) is 5.32 Å². The molecule has 0 aliphatic carbocycles. The number of anilines is 1. The third-order valence-electron chi connectivity index (χ3n) is 2.49. The number of ether oxygens (including phenoxy) is 1. The van der Waals surface area contributed by atoms with Gasteiger partial charge in [-0.05, 0) is 25.5 Å². The van der Waals surface area contributed by atoms with E-state index in [1.54, 1.807) is 7.11 Å². The van der Waals surface area contributed by atoms with E-state index < -0.39 is 0 Å². The molecule has 0 aromatic heterocycles. The molecule has 0 radical (unpaired) electrons. The fourth-order valence-corrected chi connectivity index (χ4v) is 1.51. The first kappa shape index (κ1) is 13.4. The van der Waals surface area contributed by atoms with Gasteiger partial charge in [-0.15, -0.1) is 0 Å². The summed E-state index contributed by atoms with van der Waals surface area (Å²) in [6.45, 7) is 5.24. The first-order valence-electron chi connectivity index (χ1n) is 5.82. The maximum absolute atomic E-state index is 11.3. The highest BCUT2D eigenvalue weighted by Gasteiger charge is 2.02. The Labute approximate surface area is 102 Å². The van der Waals surface area contributed by atoms with Crippen LogP contribution in [0, 0.1) is 6.92 Å². The lowest BCUT2D eigenvalue weighted by atomic mass is 10.2. The number of benzene rings is 1. The number of amides is 1. The van der Waals surface area contributed by atoms with E-state index in [0.29, 0.717) is 19.5 Å². The summed E-state index contributed by atoms with van der Waals surface area (Å²) in [7, 11) is 1.64. The van der Waals surface area contributed by atoms with Crippen LogP contribution in [-0.2, 0) is 4.79 Å². The van der Waals surface area contributed by atoms with Crippen molar-refractivity contribution < 1.29 is 9.53 Å². The van der Waals surface area contributed by atoms with Crippen LogP contribution in [0.25, 0.3) is 0 Å². The Balaban J connectivity index is 2.48. The molecule has 0 atom stereocenters. The van der Waals surface area contributed by atoms with Crippen molar-refractivity contribution in [3.63, 3.8) is 0 Å². The van der Waals surface area contributed by atoms with Crippen LogP contribution in [0.2, 0.25) is 0 Å². The first-order valence-corrected chi connectivity index (χ1v) is 5.82. The second-order valence-corrected chi connectivity index (χ2v) is 3.81. The molecule has 0 heterocycles. The van der Waals surface area contributed by atoms with E-state index in [9.17, 15) is 4.79 Å². The minimum Gasteiger partial charge on any atom is -0.497 e. The van der Waals surface area contributed by atoms with Gasteiger partial charge in [-0.25, -0.2) is 0 Å². The number of rotatable bonds is 6. The van der Waals surface area contributed by atoms with Crippen molar-refractivity contribution in [2.24, 2.45) is 0 Å². The first-order chi connectivity index (χ1) is 8.17. The van der Waals surface area contributed by atoms with Crippen LogP contribution >= 0.6 is 0 Å². The van der Waals surface area contributed by atoms with Gasteiger partial charge >= 0.3 is 0 Å². The normalized spacial score (nSPS) is 9.82. The highest BCUT2D eigenvalue weighted by Crippen LogP contribution is 2.21. The van der Waals surface area contributed by atoms with E-state index in [-0.39, 0.29) is 5.91 Å². The van der Waals surface area contributed by atoms with Crippen LogP contribution in [-0.4, -0.2) is 26.1 Å². The highest BCUT2D eigenvalue weighted by molar-refractivity contribution is 5.76. The maximum atomic E-state index is 11.3. The van der Waals surface area contributed by atoms with E-state index >= 15 is 0 Å². The molecule has 94 valence electrons. The molecule has 17 heavy (non-hydrogen) atoms. The Bertz CT molecular complexity index is 378. The fourth-order valence-electron chi connectivity index (χ4n) is 1.51. The van der Waals surface area contributed by atoms with Crippen molar-refractivity contribution in [2.45, 2.75) is 20.3 Å². The van der Waals surface area contributed by atoms with Gasteiger partial charge in [0.25, 0.3) is 0 Å². The van der Waals surface area contributed by atoms with Gasteiger partial charge in [-0.2, -0.15) is 0 Å². The topological polar surface area (TPSA) is 50.4 Å². The molecule has 1 amide bonds. The molecule has 0 fully saturated rings. The highest BCUT2D eigenvalue weighted by atomic mass is 16.5. The molecule has 0 spiro atoms. The number of carbonyl (C=O) groups excluding carboxylic acids is 1.